The Balaban J connectivity index is 2.85. The Kier molecular flexibility index (Phi) is 3.86. The first kappa shape index (κ1) is 13.8. The molecule has 0 aliphatic heterocycles. The summed E-state index contributed by atoms with van der Waals surface area (Å²) in [5.41, 5.74) is 0.0307. The lowest BCUT2D eigenvalue weighted by Crippen LogP contribution is -2.32. The molecule has 0 bridgehead atoms. The monoisotopic (exact) mass is 289 g/mol. The van der Waals surface area contributed by atoms with Crippen LogP contribution in [0.1, 0.15) is 12.6 Å². The van der Waals surface area contributed by atoms with Gasteiger partial charge in [0.25, 0.3) is 5.56 Å². The lowest BCUT2D eigenvalue weighted by atomic mass is 10.3. The fourth-order valence-electron chi connectivity index (χ4n) is 1.75. The zero-order valence-electron chi connectivity index (χ0n) is 10.6. The topological polar surface area (TPSA) is 98.9 Å². The number of aliphatic carboxylic acids is 1. The molecule has 0 saturated carbocycles. The van der Waals surface area contributed by atoms with Crippen molar-refractivity contribution in [3.63, 3.8) is 0 Å². The van der Waals surface area contributed by atoms with Crippen LogP contribution in [0.15, 0.2) is 23.1 Å². The van der Waals surface area contributed by atoms with E-state index in [0.29, 0.717) is 11.1 Å². The molecule has 0 radical (unpaired) electrons. The van der Waals surface area contributed by atoms with Gasteiger partial charge in [0.05, 0.1) is 4.53 Å². The first-order chi connectivity index (χ1) is 9.58. The van der Waals surface area contributed by atoms with E-state index in [1.54, 1.807) is 37.4 Å². The van der Waals surface area contributed by atoms with Crippen LogP contribution in [0, 0.1) is 11.3 Å². The highest BCUT2D eigenvalue weighted by atomic mass is 32.1. The average molecular weight is 289 g/mol. The van der Waals surface area contributed by atoms with E-state index in [1.807, 2.05) is 0 Å². The molecule has 0 aromatic carbocycles. The van der Waals surface area contributed by atoms with E-state index >= 15 is 0 Å². The minimum absolute atomic E-state index is 0.172. The van der Waals surface area contributed by atoms with Crippen molar-refractivity contribution < 1.29 is 9.90 Å². The van der Waals surface area contributed by atoms with E-state index in [-0.39, 0.29) is 10.2 Å². The number of nitrogens with one attached hydrogen (secondary N) is 1. The summed E-state index contributed by atoms with van der Waals surface area (Å²) in [4.78, 5) is 26.2. The van der Waals surface area contributed by atoms with Crippen LogP contribution in [0.3, 0.4) is 0 Å². The van der Waals surface area contributed by atoms with Crippen molar-refractivity contribution in [2.24, 2.45) is 0 Å². The van der Waals surface area contributed by atoms with E-state index < -0.39 is 11.5 Å². The van der Waals surface area contributed by atoms with Gasteiger partial charge in [-0.3, -0.25) is 9.36 Å². The number of rotatable bonds is 3. The van der Waals surface area contributed by atoms with E-state index in [4.69, 9.17) is 10.4 Å². The largest absolute Gasteiger partial charge is 0.477 e. The summed E-state index contributed by atoms with van der Waals surface area (Å²) in [5.74, 6) is -1.33. The summed E-state index contributed by atoms with van der Waals surface area (Å²) >= 11 is 1.00. The summed E-state index contributed by atoms with van der Waals surface area (Å²) in [5, 5.41) is 18.0. The zero-order chi connectivity index (χ0) is 14.7. The van der Waals surface area contributed by atoms with Gasteiger partial charge < -0.3 is 10.1 Å². The van der Waals surface area contributed by atoms with Crippen LogP contribution in [0.4, 0.5) is 0 Å². The average Bonchev–Trinajstić information content (AvgIpc) is 3.00. The number of nitriles is 1. The molecule has 2 heterocycles. The molecule has 2 rings (SSSR count). The molecular weight excluding hydrogens is 278 g/mol. The van der Waals surface area contributed by atoms with Gasteiger partial charge in [-0.05, 0) is 25.1 Å². The Bertz CT molecular complexity index is 850. The number of nitrogens with zero attached hydrogens (tertiary/aromatic N) is 2. The Labute approximate surface area is 117 Å². The molecule has 2 aromatic rings. The lowest BCUT2D eigenvalue weighted by Gasteiger charge is -1.95. The van der Waals surface area contributed by atoms with Crippen molar-refractivity contribution in [3.8, 4) is 6.07 Å². The molecule has 0 atom stereocenters. The van der Waals surface area contributed by atoms with Gasteiger partial charge in [0, 0.05) is 18.4 Å². The maximum Gasteiger partial charge on any atom is 0.349 e. The number of hydrogen-bond donors (Lipinski definition) is 2. The van der Waals surface area contributed by atoms with Crippen molar-refractivity contribution in [3.05, 3.63) is 43.6 Å². The van der Waals surface area contributed by atoms with Gasteiger partial charge in [-0.2, -0.15) is 5.26 Å². The second kappa shape index (κ2) is 5.59. The maximum atomic E-state index is 12.2. The van der Waals surface area contributed by atoms with Crippen molar-refractivity contribution in [2.45, 2.75) is 13.5 Å². The summed E-state index contributed by atoms with van der Waals surface area (Å²) in [6, 6.07) is 5.23. The van der Waals surface area contributed by atoms with Gasteiger partial charge in [-0.25, -0.2) is 4.79 Å². The van der Waals surface area contributed by atoms with E-state index in [0.717, 1.165) is 17.0 Å². The number of carboxylic acids is 1. The molecule has 20 heavy (non-hydrogen) atoms. The summed E-state index contributed by atoms with van der Waals surface area (Å²) < 4.78 is 1.86. The number of aromatic amines is 1. The number of thiazole rings is 1. The normalized spacial score (nSPS) is 13.1. The van der Waals surface area contributed by atoms with Gasteiger partial charge in [0.15, 0.2) is 5.57 Å². The number of carbonyl (C=O) groups is 1. The number of aromatic nitrogens is 2. The predicted molar refractivity (Wildman–Crippen MR) is 74.5 cm³/mol. The molecule has 0 amide bonds. The van der Waals surface area contributed by atoms with Crippen LogP contribution >= 0.6 is 11.3 Å². The fraction of sp³-hybridized carbons (Fsp3) is 0.154. The van der Waals surface area contributed by atoms with E-state index in [9.17, 15) is 9.59 Å². The molecule has 6 nitrogen and oxygen atoms in total. The fourth-order valence-corrected chi connectivity index (χ4v) is 2.90. The highest BCUT2D eigenvalue weighted by molar-refractivity contribution is 7.07. The van der Waals surface area contributed by atoms with Crippen molar-refractivity contribution in [1.82, 2.24) is 9.55 Å². The molecule has 2 aromatic heterocycles. The van der Waals surface area contributed by atoms with Crippen molar-refractivity contribution >= 4 is 29.0 Å². The number of carboxylic acid groups (broad SMARTS) is 1. The second-order valence-corrected chi connectivity index (χ2v) is 4.91. The molecule has 0 spiro atoms. The zero-order valence-corrected chi connectivity index (χ0v) is 11.4. The maximum absolute atomic E-state index is 12.2. The second-order valence-electron chi connectivity index (χ2n) is 3.88. The quantitative estimate of drug-likeness (QED) is 0.820. The van der Waals surface area contributed by atoms with Gasteiger partial charge >= 0.3 is 5.97 Å². The van der Waals surface area contributed by atoms with Crippen LogP contribution in [-0.2, 0) is 11.3 Å². The molecule has 0 fully saturated rings. The Morgan fingerprint density at radius 1 is 1.65 bits per heavy atom. The van der Waals surface area contributed by atoms with Gasteiger partial charge in [-0.15, -0.1) is 11.3 Å². The van der Waals surface area contributed by atoms with Crippen LogP contribution in [0.2, 0.25) is 0 Å². The molecular formula is C13H11N3O3S. The van der Waals surface area contributed by atoms with Gasteiger partial charge in [0.1, 0.15) is 10.7 Å². The minimum atomic E-state index is -1.33. The molecule has 7 heteroatoms. The SMILES string of the molecule is CCn1c(=O)/c(=C\c2ccc[nH]2)s/c1=C(/C#N)C(=O)O. The highest BCUT2D eigenvalue weighted by Gasteiger charge is 2.13. The Hall–Kier alpha value is -2.59. The first-order valence-corrected chi connectivity index (χ1v) is 6.62. The molecule has 0 saturated heterocycles. The van der Waals surface area contributed by atoms with Crippen LogP contribution < -0.4 is 14.8 Å². The molecule has 0 aliphatic rings. The number of H-pyrrole nitrogens is 1. The van der Waals surface area contributed by atoms with Crippen LogP contribution in [0.5, 0.6) is 0 Å². The standard InChI is InChI=1S/C13H11N3O3S/c1-2-16-11(17)10(6-8-4-3-5-15-8)20-12(16)9(7-14)13(18)19/h3-6,15H,2H2,1H3,(H,18,19)/b10-6+,12-9-. The summed E-state index contributed by atoms with van der Waals surface area (Å²) in [7, 11) is 0. The molecule has 102 valence electrons. The summed E-state index contributed by atoms with van der Waals surface area (Å²) in [6.45, 7) is 2.04. The predicted octanol–water partition coefficient (Wildman–Crippen LogP) is -0.155. The lowest BCUT2D eigenvalue weighted by molar-refractivity contribution is -0.130. The summed E-state index contributed by atoms with van der Waals surface area (Å²) in [6.07, 6.45) is 3.36. The third-order valence-corrected chi connectivity index (χ3v) is 3.80. The smallest absolute Gasteiger partial charge is 0.349 e. The molecule has 2 N–H and O–H groups in total. The third kappa shape index (κ3) is 2.41. The number of hydrogen-bond acceptors (Lipinski definition) is 4. The molecule has 0 unspecified atom stereocenters. The Morgan fingerprint density at radius 3 is 2.90 bits per heavy atom. The third-order valence-electron chi connectivity index (χ3n) is 2.67. The van der Waals surface area contributed by atoms with Crippen LogP contribution in [-0.4, -0.2) is 20.6 Å². The van der Waals surface area contributed by atoms with Crippen molar-refractivity contribution in [2.75, 3.05) is 0 Å². The van der Waals surface area contributed by atoms with Gasteiger partial charge in [0.2, 0.25) is 0 Å². The van der Waals surface area contributed by atoms with E-state index in [1.165, 1.54) is 4.57 Å². The van der Waals surface area contributed by atoms with E-state index in [2.05, 4.69) is 4.98 Å². The van der Waals surface area contributed by atoms with Gasteiger partial charge in [-0.1, -0.05) is 0 Å². The Morgan fingerprint density at radius 2 is 2.40 bits per heavy atom. The highest BCUT2D eigenvalue weighted by Crippen LogP contribution is 1.95. The molecule has 0 aliphatic carbocycles. The van der Waals surface area contributed by atoms with Crippen LogP contribution in [0.25, 0.3) is 11.6 Å². The minimum Gasteiger partial charge on any atom is -0.477 e. The first-order valence-electron chi connectivity index (χ1n) is 5.81. The van der Waals surface area contributed by atoms with Crippen molar-refractivity contribution in [1.29, 1.82) is 5.26 Å².